The molecule has 2 heterocycles. The van der Waals surface area contributed by atoms with Gasteiger partial charge in [0.2, 0.25) is 0 Å². The summed E-state index contributed by atoms with van der Waals surface area (Å²) >= 11 is 0. The minimum atomic E-state index is 0.697. The third kappa shape index (κ3) is 1.47. The molecule has 2 saturated heterocycles. The lowest BCUT2D eigenvalue weighted by atomic mass is 9.80. The average Bonchev–Trinajstić information content (AvgIpc) is 2.63. The fourth-order valence-corrected chi connectivity index (χ4v) is 3.23. The van der Waals surface area contributed by atoms with Gasteiger partial charge in [-0.3, -0.25) is 4.90 Å². The van der Waals surface area contributed by atoms with Crippen molar-refractivity contribution in [3.63, 3.8) is 0 Å². The predicted octanol–water partition coefficient (Wildman–Crippen LogP) is 0.461. The second-order valence-corrected chi connectivity index (χ2v) is 5.15. The Bertz CT molecular complexity index is 209. The van der Waals surface area contributed by atoms with Crippen LogP contribution < -0.4 is 5.32 Å². The molecule has 3 rings (SSSR count). The van der Waals surface area contributed by atoms with E-state index in [0.717, 1.165) is 32.3 Å². The Balaban J connectivity index is 1.58. The Kier molecular flexibility index (Phi) is 2.26. The molecule has 1 saturated carbocycles. The van der Waals surface area contributed by atoms with E-state index < -0.39 is 0 Å². The highest BCUT2D eigenvalue weighted by Gasteiger charge is 2.45. The molecule has 0 aromatic carbocycles. The van der Waals surface area contributed by atoms with Crippen LogP contribution in [0.25, 0.3) is 0 Å². The van der Waals surface area contributed by atoms with E-state index in [1.807, 2.05) is 0 Å². The van der Waals surface area contributed by atoms with E-state index in [0.29, 0.717) is 5.41 Å². The molecule has 3 aliphatic rings. The van der Waals surface area contributed by atoms with Crippen molar-refractivity contribution >= 4 is 0 Å². The molecule has 0 aromatic heterocycles. The van der Waals surface area contributed by atoms with Crippen molar-refractivity contribution in [3.8, 4) is 0 Å². The first-order valence-electron chi connectivity index (χ1n) is 5.91. The van der Waals surface area contributed by atoms with Gasteiger partial charge in [-0.25, -0.2) is 0 Å². The number of nitrogens with one attached hydrogen (secondary N) is 1. The summed E-state index contributed by atoms with van der Waals surface area (Å²) in [6.07, 6.45) is 4.30. The number of rotatable bonds is 1. The van der Waals surface area contributed by atoms with Crippen LogP contribution in [0.1, 0.15) is 19.3 Å². The normalized spacial score (nSPS) is 37.3. The van der Waals surface area contributed by atoms with Gasteiger partial charge in [0, 0.05) is 32.2 Å². The minimum absolute atomic E-state index is 0.697. The first-order valence-corrected chi connectivity index (χ1v) is 5.91. The van der Waals surface area contributed by atoms with E-state index in [9.17, 15) is 0 Å². The van der Waals surface area contributed by atoms with E-state index in [1.165, 1.54) is 32.4 Å². The van der Waals surface area contributed by atoms with Crippen molar-refractivity contribution in [2.75, 3.05) is 39.4 Å². The average molecular weight is 196 g/mol. The number of ether oxygens (including phenoxy) is 1. The maximum absolute atomic E-state index is 5.40. The fraction of sp³-hybridized carbons (Fsp3) is 1.00. The van der Waals surface area contributed by atoms with Crippen LogP contribution in [-0.2, 0) is 4.74 Å². The molecule has 1 N–H and O–H groups in total. The first-order chi connectivity index (χ1) is 6.88. The monoisotopic (exact) mass is 196 g/mol. The van der Waals surface area contributed by atoms with Gasteiger partial charge in [0.15, 0.2) is 0 Å². The topological polar surface area (TPSA) is 24.5 Å². The van der Waals surface area contributed by atoms with E-state index in [4.69, 9.17) is 4.74 Å². The SMILES string of the molecule is C1CN(C2CCC3(CNC3)C2)CCO1. The lowest BCUT2D eigenvalue weighted by Gasteiger charge is -2.41. The summed E-state index contributed by atoms with van der Waals surface area (Å²) in [5.41, 5.74) is 0.697. The van der Waals surface area contributed by atoms with Crippen LogP contribution in [0.3, 0.4) is 0 Å². The maximum atomic E-state index is 5.40. The van der Waals surface area contributed by atoms with Crippen molar-refractivity contribution in [2.45, 2.75) is 25.3 Å². The van der Waals surface area contributed by atoms with Gasteiger partial charge in [0.05, 0.1) is 13.2 Å². The van der Waals surface area contributed by atoms with Crippen LogP contribution in [0, 0.1) is 5.41 Å². The third-order valence-corrected chi connectivity index (χ3v) is 4.24. The van der Waals surface area contributed by atoms with Gasteiger partial charge >= 0.3 is 0 Å². The van der Waals surface area contributed by atoms with Crippen molar-refractivity contribution in [3.05, 3.63) is 0 Å². The zero-order chi connectivity index (χ0) is 9.43. The Morgan fingerprint density at radius 3 is 2.57 bits per heavy atom. The lowest BCUT2D eigenvalue weighted by Crippen LogP contribution is -2.53. The Hall–Kier alpha value is -0.120. The molecule has 2 aliphatic heterocycles. The van der Waals surface area contributed by atoms with Crippen LogP contribution >= 0.6 is 0 Å². The highest BCUT2D eigenvalue weighted by Crippen LogP contribution is 2.43. The zero-order valence-corrected chi connectivity index (χ0v) is 8.80. The van der Waals surface area contributed by atoms with Gasteiger partial charge in [0.1, 0.15) is 0 Å². The van der Waals surface area contributed by atoms with Crippen molar-refractivity contribution in [1.82, 2.24) is 10.2 Å². The second kappa shape index (κ2) is 3.47. The van der Waals surface area contributed by atoms with Gasteiger partial charge in [-0.05, 0) is 24.7 Å². The van der Waals surface area contributed by atoms with E-state index in [1.54, 1.807) is 0 Å². The van der Waals surface area contributed by atoms with Crippen LogP contribution in [0.15, 0.2) is 0 Å². The second-order valence-electron chi connectivity index (χ2n) is 5.15. The Labute approximate surface area is 85.8 Å². The fourth-order valence-electron chi connectivity index (χ4n) is 3.23. The number of hydrogen-bond acceptors (Lipinski definition) is 3. The van der Waals surface area contributed by atoms with Crippen molar-refractivity contribution in [1.29, 1.82) is 0 Å². The summed E-state index contributed by atoms with van der Waals surface area (Å²) in [5.74, 6) is 0. The first kappa shape index (κ1) is 9.13. The highest BCUT2D eigenvalue weighted by molar-refractivity contribution is 5.01. The molecule has 1 atom stereocenters. The molecule has 1 spiro atoms. The highest BCUT2D eigenvalue weighted by atomic mass is 16.5. The molecule has 3 nitrogen and oxygen atoms in total. The summed E-state index contributed by atoms with van der Waals surface area (Å²) in [7, 11) is 0. The van der Waals surface area contributed by atoms with E-state index in [-0.39, 0.29) is 0 Å². The van der Waals surface area contributed by atoms with Gasteiger partial charge < -0.3 is 10.1 Å². The van der Waals surface area contributed by atoms with Crippen molar-refractivity contribution in [2.24, 2.45) is 5.41 Å². The van der Waals surface area contributed by atoms with Crippen LogP contribution in [0.4, 0.5) is 0 Å². The van der Waals surface area contributed by atoms with Crippen LogP contribution in [-0.4, -0.2) is 50.3 Å². The summed E-state index contributed by atoms with van der Waals surface area (Å²) in [4.78, 5) is 2.65. The summed E-state index contributed by atoms with van der Waals surface area (Å²) in [6.45, 7) is 6.76. The van der Waals surface area contributed by atoms with Crippen LogP contribution in [0.2, 0.25) is 0 Å². The minimum Gasteiger partial charge on any atom is -0.379 e. The largest absolute Gasteiger partial charge is 0.379 e. The predicted molar refractivity (Wildman–Crippen MR) is 55.3 cm³/mol. The molecular weight excluding hydrogens is 176 g/mol. The number of morpholine rings is 1. The Morgan fingerprint density at radius 1 is 1.21 bits per heavy atom. The molecule has 14 heavy (non-hydrogen) atoms. The molecule has 80 valence electrons. The summed E-state index contributed by atoms with van der Waals surface area (Å²) < 4.78 is 5.40. The van der Waals surface area contributed by atoms with Gasteiger partial charge in [-0.15, -0.1) is 0 Å². The number of hydrogen-bond donors (Lipinski definition) is 1. The molecule has 0 bridgehead atoms. The third-order valence-electron chi connectivity index (χ3n) is 4.24. The van der Waals surface area contributed by atoms with E-state index in [2.05, 4.69) is 10.2 Å². The quantitative estimate of drug-likeness (QED) is 0.659. The Morgan fingerprint density at radius 2 is 2.00 bits per heavy atom. The number of nitrogens with zero attached hydrogens (tertiary/aromatic N) is 1. The standard InChI is InChI=1S/C11H20N2O/c1-2-11(8-12-9-11)7-10(1)13-3-5-14-6-4-13/h10,12H,1-9H2. The molecule has 0 radical (unpaired) electrons. The molecule has 0 aromatic rings. The molecule has 0 amide bonds. The molecule has 3 fully saturated rings. The molecule has 3 heteroatoms. The smallest absolute Gasteiger partial charge is 0.0594 e. The van der Waals surface area contributed by atoms with Gasteiger partial charge in [-0.2, -0.15) is 0 Å². The summed E-state index contributed by atoms with van der Waals surface area (Å²) in [5, 5.41) is 3.42. The van der Waals surface area contributed by atoms with E-state index >= 15 is 0 Å². The zero-order valence-electron chi connectivity index (χ0n) is 8.80. The summed E-state index contributed by atoms with van der Waals surface area (Å²) in [6, 6.07) is 0.862. The molecule has 1 unspecified atom stereocenters. The maximum Gasteiger partial charge on any atom is 0.0594 e. The molecule has 1 aliphatic carbocycles. The molecular formula is C11H20N2O. The van der Waals surface area contributed by atoms with Crippen molar-refractivity contribution < 1.29 is 4.74 Å². The van der Waals surface area contributed by atoms with Gasteiger partial charge in [0.25, 0.3) is 0 Å². The van der Waals surface area contributed by atoms with Crippen LogP contribution in [0.5, 0.6) is 0 Å². The lowest BCUT2D eigenvalue weighted by molar-refractivity contribution is 0.0135. The van der Waals surface area contributed by atoms with Gasteiger partial charge in [-0.1, -0.05) is 0 Å².